The van der Waals surface area contributed by atoms with Crippen LogP contribution in [0.1, 0.15) is 19.8 Å². The summed E-state index contributed by atoms with van der Waals surface area (Å²) < 4.78 is 0. The van der Waals surface area contributed by atoms with Crippen molar-refractivity contribution in [2.75, 3.05) is 0 Å². The molecule has 0 aliphatic heterocycles. The van der Waals surface area contributed by atoms with Crippen LogP contribution in [0.3, 0.4) is 0 Å². The molecule has 1 aliphatic carbocycles. The van der Waals surface area contributed by atoms with E-state index in [1.54, 1.807) is 0 Å². The lowest BCUT2D eigenvalue weighted by molar-refractivity contribution is 0.322. The van der Waals surface area contributed by atoms with E-state index in [4.69, 9.17) is 5.21 Å². The standard InChI is InChI=1S/C11H15NO/c1-2-10-5-3-4-6-11(8-7-10)9-12-13/h3-6,8-10,13H,2,7H2,1H3/b5-3-,6-4-,11-8-,12-9+. The van der Waals surface area contributed by atoms with E-state index in [1.807, 2.05) is 18.2 Å². The zero-order valence-electron chi connectivity index (χ0n) is 7.85. The average Bonchev–Trinajstić information content (AvgIpc) is 2.11. The van der Waals surface area contributed by atoms with E-state index in [0.717, 1.165) is 18.4 Å². The molecular weight excluding hydrogens is 162 g/mol. The zero-order chi connectivity index (χ0) is 9.52. The van der Waals surface area contributed by atoms with Crippen molar-refractivity contribution in [3.8, 4) is 0 Å². The van der Waals surface area contributed by atoms with Crippen molar-refractivity contribution in [1.82, 2.24) is 0 Å². The molecule has 0 bridgehead atoms. The summed E-state index contributed by atoms with van der Waals surface area (Å²) in [5, 5.41) is 11.4. The Morgan fingerprint density at radius 2 is 2.46 bits per heavy atom. The molecule has 0 radical (unpaired) electrons. The first kappa shape index (κ1) is 9.78. The lowest BCUT2D eigenvalue weighted by Gasteiger charge is -2.07. The van der Waals surface area contributed by atoms with Gasteiger partial charge in [0.1, 0.15) is 0 Å². The zero-order valence-corrected chi connectivity index (χ0v) is 7.85. The molecule has 1 unspecified atom stereocenters. The van der Waals surface area contributed by atoms with E-state index in [2.05, 4.69) is 24.2 Å². The summed E-state index contributed by atoms with van der Waals surface area (Å²) >= 11 is 0. The number of rotatable bonds is 2. The van der Waals surface area contributed by atoms with Gasteiger partial charge in [-0.3, -0.25) is 0 Å². The summed E-state index contributed by atoms with van der Waals surface area (Å²) in [5.74, 6) is 0.604. The van der Waals surface area contributed by atoms with Crippen LogP contribution in [0.4, 0.5) is 0 Å². The van der Waals surface area contributed by atoms with Crippen LogP contribution in [0.15, 0.2) is 41.1 Å². The first-order valence-corrected chi connectivity index (χ1v) is 4.59. The van der Waals surface area contributed by atoms with E-state index in [-0.39, 0.29) is 0 Å². The van der Waals surface area contributed by atoms with Gasteiger partial charge in [-0.25, -0.2) is 0 Å². The van der Waals surface area contributed by atoms with Crippen LogP contribution in [0.25, 0.3) is 0 Å². The Bertz CT molecular complexity index is 261. The van der Waals surface area contributed by atoms with Crippen LogP contribution in [0.5, 0.6) is 0 Å². The number of hydrogen-bond donors (Lipinski definition) is 1. The van der Waals surface area contributed by atoms with Crippen LogP contribution < -0.4 is 0 Å². The molecule has 0 heterocycles. The molecule has 0 aromatic heterocycles. The Hall–Kier alpha value is -1.31. The molecule has 0 saturated heterocycles. The van der Waals surface area contributed by atoms with E-state index < -0.39 is 0 Å². The molecule has 1 atom stereocenters. The minimum Gasteiger partial charge on any atom is -0.411 e. The van der Waals surface area contributed by atoms with Gasteiger partial charge < -0.3 is 5.21 Å². The molecule has 1 rings (SSSR count). The molecule has 1 aliphatic rings. The SMILES string of the molecule is CCC1\C=C/C=C\C(\C=N\O)=C\C1. The lowest BCUT2D eigenvalue weighted by atomic mass is 9.98. The van der Waals surface area contributed by atoms with Crippen LogP contribution in [-0.4, -0.2) is 11.4 Å². The third-order valence-electron chi connectivity index (χ3n) is 2.17. The van der Waals surface area contributed by atoms with E-state index >= 15 is 0 Å². The van der Waals surface area contributed by atoms with Gasteiger partial charge >= 0.3 is 0 Å². The molecule has 13 heavy (non-hydrogen) atoms. The minimum absolute atomic E-state index is 0.604. The monoisotopic (exact) mass is 177 g/mol. The van der Waals surface area contributed by atoms with E-state index in [9.17, 15) is 0 Å². The van der Waals surface area contributed by atoms with Crippen LogP contribution >= 0.6 is 0 Å². The summed E-state index contributed by atoms with van der Waals surface area (Å²) in [4.78, 5) is 0. The smallest absolute Gasteiger partial charge is 0.0730 e. The molecule has 70 valence electrons. The molecule has 0 spiro atoms. The van der Waals surface area contributed by atoms with Crippen molar-refractivity contribution in [3.63, 3.8) is 0 Å². The molecular formula is C11H15NO. The molecule has 0 saturated carbocycles. The van der Waals surface area contributed by atoms with Gasteiger partial charge in [0.25, 0.3) is 0 Å². The Morgan fingerprint density at radius 1 is 1.62 bits per heavy atom. The summed E-state index contributed by atoms with van der Waals surface area (Å²) in [6.07, 6.45) is 13.9. The summed E-state index contributed by atoms with van der Waals surface area (Å²) in [6, 6.07) is 0. The fraction of sp³-hybridized carbons (Fsp3) is 0.364. The Balaban J connectivity index is 2.73. The van der Waals surface area contributed by atoms with Gasteiger partial charge in [0.15, 0.2) is 0 Å². The van der Waals surface area contributed by atoms with Gasteiger partial charge in [-0.15, -0.1) is 0 Å². The molecule has 0 aromatic carbocycles. The van der Waals surface area contributed by atoms with Gasteiger partial charge in [-0.05, 0) is 24.3 Å². The number of allylic oxidation sites excluding steroid dienone is 6. The topological polar surface area (TPSA) is 32.6 Å². The number of oxime groups is 1. The average molecular weight is 177 g/mol. The largest absolute Gasteiger partial charge is 0.411 e. The molecule has 0 amide bonds. The second-order valence-electron chi connectivity index (χ2n) is 3.10. The minimum atomic E-state index is 0.604. The van der Waals surface area contributed by atoms with Crippen molar-refractivity contribution in [3.05, 3.63) is 36.0 Å². The maximum Gasteiger partial charge on any atom is 0.0730 e. The Morgan fingerprint density at radius 3 is 3.15 bits per heavy atom. The van der Waals surface area contributed by atoms with Crippen LogP contribution in [0, 0.1) is 5.92 Å². The highest BCUT2D eigenvalue weighted by Gasteiger charge is 2.00. The predicted molar refractivity (Wildman–Crippen MR) is 55.0 cm³/mol. The van der Waals surface area contributed by atoms with Gasteiger partial charge in [-0.2, -0.15) is 0 Å². The summed E-state index contributed by atoms with van der Waals surface area (Å²) in [5.41, 5.74) is 0.963. The van der Waals surface area contributed by atoms with Crippen molar-refractivity contribution in [1.29, 1.82) is 0 Å². The summed E-state index contributed by atoms with van der Waals surface area (Å²) in [7, 11) is 0. The third-order valence-corrected chi connectivity index (χ3v) is 2.17. The number of nitrogens with zero attached hydrogens (tertiary/aromatic N) is 1. The molecule has 1 N–H and O–H groups in total. The first-order valence-electron chi connectivity index (χ1n) is 4.59. The molecule has 0 aromatic rings. The molecule has 2 nitrogen and oxygen atoms in total. The van der Waals surface area contributed by atoms with E-state index in [0.29, 0.717) is 5.92 Å². The fourth-order valence-corrected chi connectivity index (χ4v) is 1.29. The lowest BCUT2D eigenvalue weighted by Crippen LogP contribution is -1.94. The highest BCUT2D eigenvalue weighted by Crippen LogP contribution is 2.14. The highest BCUT2D eigenvalue weighted by atomic mass is 16.4. The van der Waals surface area contributed by atoms with Crippen molar-refractivity contribution in [2.24, 2.45) is 11.1 Å². The predicted octanol–water partition coefficient (Wildman–Crippen LogP) is 2.92. The molecule has 2 heteroatoms. The maximum atomic E-state index is 8.38. The van der Waals surface area contributed by atoms with Crippen LogP contribution in [-0.2, 0) is 0 Å². The quantitative estimate of drug-likeness (QED) is 0.392. The normalized spacial score (nSPS) is 31.8. The van der Waals surface area contributed by atoms with Gasteiger partial charge in [0.2, 0.25) is 0 Å². The van der Waals surface area contributed by atoms with Crippen molar-refractivity contribution >= 4 is 6.21 Å². The highest BCUT2D eigenvalue weighted by molar-refractivity contribution is 5.81. The molecule has 0 fully saturated rings. The van der Waals surface area contributed by atoms with E-state index in [1.165, 1.54) is 6.21 Å². The van der Waals surface area contributed by atoms with Gasteiger partial charge in [0, 0.05) is 0 Å². The second kappa shape index (κ2) is 5.36. The van der Waals surface area contributed by atoms with Crippen LogP contribution in [0.2, 0.25) is 0 Å². The Labute approximate surface area is 79.0 Å². The second-order valence-corrected chi connectivity index (χ2v) is 3.10. The third kappa shape index (κ3) is 3.28. The number of hydrogen-bond acceptors (Lipinski definition) is 2. The van der Waals surface area contributed by atoms with Gasteiger partial charge in [-0.1, -0.05) is 42.5 Å². The fourth-order valence-electron chi connectivity index (χ4n) is 1.29. The van der Waals surface area contributed by atoms with Gasteiger partial charge in [0.05, 0.1) is 6.21 Å². The van der Waals surface area contributed by atoms with Crippen molar-refractivity contribution < 1.29 is 5.21 Å². The Kier molecular flexibility index (Phi) is 4.03. The first-order chi connectivity index (χ1) is 6.36. The summed E-state index contributed by atoms with van der Waals surface area (Å²) in [6.45, 7) is 2.17. The maximum absolute atomic E-state index is 8.38. The van der Waals surface area contributed by atoms with Crippen molar-refractivity contribution in [2.45, 2.75) is 19.8 Å².